The van der Waals surface area contributed by atoms with E-state index in [9.17, 15) is 13.6 Å². The van der Waals surface area contributed by atoms with Gasteiger partial charge in [-0.25, -0.2) is 8.78 Å². The molecular weight excluding hydrogens is 274 g/mol. The number of rotatable bonds is 4. The molecule has 1 N–H and O–H groups in total. The van der Waals surface area contributed by atoms with Gasteiger partial charge in [0.2, 0.25) is 0 Å². The van der Waals surface area contributed by atoms with Gasteiger partial charge in [-0.1, -0.05) is 18.2 Å². The van der Waals surface area contributed by atoms with Crippen LogP contribution in [-0.4, -0.2) is 20.0 Å². The summed E-state index contributed by atoms with van der Waals surface area (Å²) in [5, 5.41) is 2.53. The van der Waals surface area contributed by atoms with Crippen LogP contribution in [0.25, 0.3) is 0 Å². The van der Waals surface area contributed by atoms with Crippen LogP contribution < -0.4 is 10.2 Å². The Kier molecular flexibility index (Phi) is 4.52. The van der Waals surface area contributed by atoms with Crippen molar-refractivity contribution in [1.82, 2.24) is 5.32 Å². The van der Waals surface area contributed by atoms with Gasteiger partial charge >= 0.3 is 0 Å². The van der Waals surface area contributed by atoms with Crippen LogP contribution in [0.3, 0.4) is 0 Å². The van der Waals surface area contributed by atoms with Crippen molar-refractivity contribution in [2.45, 2.75) is 6.54 Å². The van der Waals surface area contributed by atoms with E-state index < -0.39 is 23.1 Å². The molecule has 0 fully saturated rings. The molecule has 2 aromatic rings. The fourth-order valence-corrected chi connectivity index (χ4v) is 1.93. The van der Waals surface area contributed by atoms with E-state index >= 15 is 0 Å². The van der Waals surface area contributed by atoms with E-state index in [-0.39, 0.29) is 6.54 Å². The van der Waals surface area contributed by atoms with Crippen LogP contribution in [-0.2, 0) is 6.54 Å². The third-order valence-corrected chi connectivity index (χ3v) is 3.07. The summed E-state index contributed by atoms with van der Waals surface area (Å²) in [7, 11) is 3.82. The maximum absolute atomic E-state index is 13.5. The first kappa shape index (κ1) is 15.0. The van der Waals surface area contributed by atoms with Crippen LogP contribution in [0.2, 0.25) is 0 Å². The Balaban J connectivity index is 2.09. The monoisotopic (exact) mass is 290 g/mol. The van der Waals surface area contributed by atoms with Crippen molar-refractivity contribution in [3.05, 3.63) is 65.2 Å². The molecule has 21 heavy (non-hydrogen) atoms. The summed E-state index contributed by atoms with van der Waals surface area (Å²) in [6.45, 7) is 0.203. The predicted octanol–water partition coefficient (Wildman–Crippen LogP) is 2.96. The number of hydrogen-bond donors (Lipinski definition) is 1. The maximum Gasteiger partial charge on any atom is 0.257 e. The van der Waals surface area contributed by atoms with E-state index in [1.54, 1.807) is 0 Å². The smallest absolute Gasteiger partial charge is 0.257 e. The van der Waals surface area contributed by atoms with Gasteiger partial charge in [0, 0.05) is 26.3 Å². The van der Waals surface area contributed by atoms with Crippen molar-refractivity contribution < 1.29 is 13.6 Å². The highest BCUT2D eigenvalue weighted by atomic mass is 19.1. The summed E-state index contributed by atoms with van der Waals surface area (Å²) in [4.78, 5) is 13.8. The number of hydrogen-bond acceptors (Lipinski definition) is 2. The molecule has 1 amide bonds. The highest BCUT2D eigenvalue weighted by Gasteiger charge is 2.16. The van der Waals surface area contributed by atoms with Crippen molar-refractivity contribution in [2.75, 3.05) is 19.0 Å². The highest BCUT2D eigenvalue weighted by Crippen LogP contribution is 2.14. The Labute approximate surface area is 122 Å². The van der Waals surface area contributed by atoms with Crippen LogP contribution in [0, 0.1) is 11.6 Å². The van der Waals surface area contributed by atoms with Gasteiger partial charge in [0.25, 0.3) is 5.91 Å². The van der Waals surface area contributed by atoms with Crippen molar-refractivity contribution in [2.24, 2.45) is 0 Å². The first-order valence-corrected chi connectivity index (χ1v) is 6.47. The van der Waals surface area contributed by atoms with Crippen LogP contribution in [0.1, 0.15) is 15.9 Å². The first-order valence-electron chi connectivity index (χ1n) is 6.47. The Morgan fingerprint density at radius 2 is 1.71 bits per heavy atom. The SMILES string of the molecule is CN(C)c1cccc(CNC(=O)c2c(F)cccc2F)c1. The molecule has 0 aliphatic heterocycles. The Bertz CT molecular complexity index is 636. The number of amides is 1. The van der Waals surface area contributed by atoms with E-state index in [1.807, 2.05) is 43.3 Å². The molecule has 0 atom stereocenters. The molecule has 5 heteroatoms. The molecule has 3 nitrogen and oxygen atoms in total. The molecule has 0 saturated carbocycles. The summed E-state index contributed by atoms with van der Waals surface area (Å²) in [6.07, 6.45) is 0. The second kappa shape index (κ2) is 6.35. The van der Waals surface area contributed by atoms with Gasteiger partial charge in [-0.2, -0.15) is 0 Å². The summed E-state index contributed by atoms with van der Waals surface area (Å²) < 4.78 is 27.0. The highest BCUT2D eigenvalue weighted by molar-refractivity contribution is 5.94. The quantitative estimate of drug-likeness (QED) is 0.939. The van der Waals surface area contributed by atoms with Crippen molar-refractivity contribution in [3.8, 4) is 0 Å². The standard InChI is InChI=1S/C16H16F2N2O/c1-20(2)12-6-3-5-11(9-12)10-19-16(21)15-13(17)7-4-8-14(15)18/h3-9H,10H2,1-2H3,(H,19,21). The molecule has 2 aromatic carbocycles. The number of anilines is 1. The molecule has 0 spiro atoms. The van der Waals surface area contributed by atoms with E-state index in [0.29, 0.717) is 0 Å². The topological polar surface area (TPSA) is 32.3 Å². The number of halogens is 2. The Morgan fingerprint density at radius 1 is 1.10 bits per heavy atom. The minimum Gasteiger partial charge on any atom is -0.378 e. The molecule has 0 aliphatic rings. The van der Waals surface area contributed by atoms with E-state index in [0.717, 1.165) is 23.4 Å². The van der Waals surface area contributed by atoms with Crippen molar-refractivity contribution in [3.63, 3.8) is 0 Å². The summed E-state index contributed by atoms with van der Waals surface area (Å²) in [5.41, 5.74) is 1.28. The zero-order valence-electron chi connectivity index (χ0n) is 11.9. The number of carbonyl (C=O) groups is 1. The van der Waals surface area contributed by atoms with Gasteiger partial charge in [0.1, 0.15) is 17.2 Å². The largest absolute Gasteiger partial charge is 0.378 e. The minimum atomic E-state index is -0.866. The second-order valence-electron chi connectivity index (χ2n) is 4.84. The van der Waals surface area contributed by atoms with Crippen molar-refractivity contribution >= 4 is 11.6 Å². The lowest BCUT2D eigenvalue weighted by Gasteiger charge is -2.14. The lowest BCUT2D eigenvalue weighted by atomic mass is 10.1. The third-order valence-electron chi connectivity index (χ3n) is 3.07. The molecule has 0 saturated heterocycles. The molecule has 0 heterocycles. The molecule has 0 bridgehead atoms. The van der Waals surface area contributed by atoms with E-state index in [2.05, 4.69) is 5.32 Å². The van der Waals surface area contributed by atoms with Crippen LogP contribution in [0.15, 0.2) is 42.5 Å². The first-order chi connectivity index (χ1) is 9.99. The number of nitrogens with zero attached hydrogens (tertiary/aromatic N) is 1. The van der Waals surface area contributed by atoms with Gasteiger partial charge in [-0.3, -0.25) is 4.79 Å². The predicted molar refractivity (Wildman–Crippen MR) is 78.3 cm³/mol. The zero-order valence-corrected chi connectivity index (χ0v) is 11.9. The van der Waals surface area contributed by atoms with Gasteiger partial charge in [0.05, 0.1) is 0 Å². The maximum atomic E-state index is 13.5. The number of carbonyl (C=O) groups excluding carboxylic acids is 1. The third kappa shape index (κ3) is 3.56. The van der Waals surface area contributed by atoms with Crippen LogP contribution in [0.4, 0.5) is 14.5 Å². The summed E-state index contributed by atoms with van der Waals surface area (Å²) in [5.74, 6) is -2.50. The Morgan fingerprint density at radius 3 is 2.33 bits per heavy atom. The summed E-state index contributed by atoms with van der Waals surface area (Å²) >= 11 is 0. The molecule has 0 aliphatic carbocycles. The van der Waals surface area contributed by atoms with Crippen LogP contribution >= 0.6 is 0 Å². The zero-order chi connectivity index (χ0) is 15.4. The van der Waals surface area contributed by atoms with Crippen molar-refractivity contribution in [1.29, 1.82) is 0 Å². The minimum absolute atomic E-state index is 0.203. The average molecular weight is 290 g/mol. The van der Waals surface area contributed by atoms with E-state index in [1.165, 1.54) is 6.07 Å². The van der Waals surface area contributed by atoms with Gasteiger partial charge in [0.15, 0.2) is 0 Å². The van der Waals surface area contributed by atoms with Crippen LogP contribution in [0.5, 0.6) is 0 Å². The number of nitrogens with one attached hydrogen (secondary N) is 1. The van der Waals surface area contributed by atoms with E-state index in [4.69, 9.17) is 0 Å². The van der Waals surface area contributed by atoms with Gasteiger partial charge in [-0.15, -0.1) is 0 Å². The Hall–Kier alpha value is -2.43. The average Bonchev–Trinajstić information content (AvgIpc) is 2.45. The van der Waals surface area contributed by atoms with Gasteiger partial charge < -0.3 is 10.2 Å². The molecule has 2 rings (SSSR count). The normalized spacial score (nSPS) is 10.3. The lowest BCUT2D eigenvalue weighted by Crippen LogP contribution is -2.25. The fourth-order valence-electron chi connectivity index (χ4n) is 1.93. The molecular formula is C16H16F2N2O. The lowest BCUT2D eigenvalue weighted by molar-refractivity contribution is 0.0942. The number of benzene rings is 2. The second-order valence-corrected chi connectivity index (χ2v) is 4.84. The molecule has 0 unspecified atom stereocenters. The molecule has 0 radical (unpaired) electrons. The fraction of sp³-hybridized carbons (Fsp3) is 0.188. The summed E-state index contributed by atoms with van der Waals surface area (Å²) in [6, 6.07) is 10.9. The molecule has 0 aromatic heterocycles. The van der Waals surface area contributed by atoms with Gasteiger partial charge in [-0.05, 0) is 29.8 Å². The molecule has 110 valence electrons.